The number of nitrogens with zero attached hydrogens (tertiary/aromatic N) is 1. The van der Waals surface area contributed by atoms with Gasteiger partial charge in [-0.3, -0.25) is 4.79 Å². The molecule has 3 rings (SSSR count). The summed E-state index contributed by atoms with van der Waals surface area (Å²) < 4.78 is 47.5. The van der Waals surface area contributed by atoms with E-state index in [1.807, 2.05) is 0 Å². The summed E-state index contributed by atoms with van der Waals surface area (Å²) in [5, 5.41) is 0. The first-order chi connectivity index (χ1) is 14.7. The molecule has 1 aliphatic heterocycles. The van der Waals surface area contributed by atoms with Gasteiger partial charge in [0.2, 0.25) is 5.91 Å². The quantitative estimate of drug-likeness (QED) is 0.603. The normalized spacial score (nSPS) is 18.6. The molecular weight excluding hydrogens is 425 g/mol. The number of rotatable bonds is 7. The molecule has 2 aromatic rings. The predicted octanol–water partition coefficient (Wildman–Crippen LogP) is 2.38. The number of aryl methyl sites for hydroxylation is 1. The van der Waals surface area contributed by atoms with E-state index in [9.17, 15) is 22.4 Å². The summed E-state index contributed by atoms with van der Waals surface area (Å²) in [6.07, 6.45) is 1.30. The highest BCUT2D eigenvalue weighted by Gasteiger charge is 2.41. The fourth-order valence-electron chi connectivity index (χ4n) is 3.54. The highest BCUT2D eigenvalue weighted by Crippen LogP contribution is 2.26. The molecule has 1 aliphatic rings. The van der Waals surface area contributed by atoms with Crippen LogP contribution in [0.5, 0.6) is 5.75 Å². The number of likely N-dealkylation sites (tertiary alicyclic amines) is 1. The molecule has 1 saturated heterocycles. The smallest absolute Gasteiger partial charge is 0.328 e. The van der Waals surface area contributed by atoms with Gasteiger partial charge in [-0.25, -0.2) is 17.6 Å². The minimum absolute atomic E-state index is 0.0661. The van der Waals surface area contributed by atoms with Crippen LogP contribution in [0.25, 0.3) is 0 Å². The van der Waals surface area contributed by atoms with Gasteiger partial charge in [0.15, 0.2) is 21.4 Å². The molecule has 1 fully saturated rings. The van der Waals surface area contributed by atoms with Crippen LogP contribution in [-0.4, -0.2) is 57.3 Å². The summed E-state index contributed by atoms with van der Waals surface area (Å²) >= 11 is 0. The molecule has 1 heterocycles. The fourth-order valence-corrected chi connectivity index (χ4v) is 4.17. The van der Waals surface area contributed by atoms with Crippen molar-refractivity contribution in [3.05, 3.63) is 59.9 Å². The van der Waals surface area contributed by atoms with Crippen molar-refractivity contribution in [3.8, 4) is 5.75 Å². The molecule has 0 saturated carbocycles. The third kappa shape index (κ3) is 5.61. The van der Waals surface area contributed by atoms with Gasteiger partial charge in [0.25, 0.3) is 0 Å². The molecule has 0 spiro atoms. The second-order valence-corrected chi connectivity index (χ2v) is 9.42. The largest absolute Gasteiger partial charge is 0.485 e. The van der Waals surface area contributed by atoms with Gasteiger partial charge in [0.05, 0.1) is 18.6 Å². The molecular formula is C22H24FNO6S. The molecule has 0 N–H and O–H groups in total. The van der Waals surface area contributed by atoms with Crippen molar-refractivity contribution in [2.24, 2.45) is 0 Å². The Morgan fingerprint density at radius 1 is 1.13 bits per heavy atom. The zero-order chi connectivity index (χ0) is 22.6. The van der Waals surface area contributed by atoms with Gasteiger partial charge in [0.1, 0.15) is 12.1 Å². The van der Waals surface area contributed by atoms with Crippen LogP contribution >= 0.6 is 0 Å². The first kappa shape index (κ1) is 22.7. The number of hydrogen-bond acceptors (Lipinski definition) is 6. The van der Waals surface area contributed by atoms with Gasteiger partial charge in [-0.2, -0.15) is 0 Å². The highest BCUT2D eigenvalue weighted by atomic mass is 32.2. The van der Waals surface area contributed by atoms with Gasteiger partial charge in [0, 0.05) is 19.1 Å². The van der Waals surface area contributed by atoms with Crippen molar-refractivity contribution in [2.45, 2.75) is 36.3 Å². The van der Waals surface area contributed by atoms with E-state index >= 15 is 0 Å². The molecule has 2 aromatic carbocycles. The third-order valence-corrected chi connectivity index (χ3v) is 6.29. The lowest BCUT2D eigenvalue weighted by atomic mass is 10.1. The van der Waals surface area contributed by atoms with Crippen LogP contribution in [0.3, 0.4) is 0 Å². The number of esters is 1. The zero-order valence-corrected chi connectivity index (χ0v) is 18.1. The lowest BCUT2D eigenvalue weighted by molar-refractivity contribution is -0.150. The molecule has 0 bridgehead atoms. The lowest BCUT2D eigenvalue weighted by Crippen LogP contribution is -2.41. The molecule has 0 aromatic heterocycles. The third-order valence-electron chi connectivity index (χ3n) is 5.17. The van der Waals surface area contributed by atoms with Crippen LogP contribution in [0.1, 0.15) is 18.4 Å². The van der Waals surface area contributed by atoms with Crippen molar-refractivity contribution < 1.29 is 31.9 Å². The monoisotopic (exact) mass is 449 g/mol. The standard InChI is InChI=1S/C22H24FNO6S/c1-29-22(26)19-13-16(30-20-6-4-3-5-18(20)23)14-24(19)21(25)12-9-15-7-10-17(11-8-15)31(2,27)28/h3-8,10-11,16,19H,9,12-14H2,1-2H3/t16-,19+/m0/s1. The van der Waals surface area contributed by atoms with E-state index in [0.717, 1.165) is 11.8 Å². The van der Waals surface area contributed by atoms with Crippen LogP contribution in [-0.2, 0) is 30.6 Å². The second kappa shape index (κ2) is 9.47. The summed E-state index contributed by atoms with van der Waals surface area (Å²) in [6, 6.07) is 11.5. The fraction of sp³-hybridized carbons (Fsp3) is 0.364. The second-order valence-electron chi connectivity index (χ2n) is 7.41. The van der Waals surface area contributed by atoms with E-state index in [1.54, 1.807) is 24.3 Å². The Bertz CT molecular complexity index is 1050. The van der Waals surface area contributed by atoms with Crippen molar-refractivity contribution in [1.82, 2.24) is 4.90 Å². The molecule has 0 radical (unpaired) electrons. The van der Waals surface area contributed by atoms with Gasteiger partial charge in [-0.15, -0.1) is 0 Å². The van der Waals surface area contributed by atoms with E-state index in [0.29, 0.717) is 6.42 Å². The maximum absolute atomic E-state index is 13.9. The average molecular weight is 450 g/mol. The summed E-state index contributed by atoms with van der Waals surface area (Å²) in [5.74, 6) is -1.26. The number of carbonyl (C=O) groups excluding carboxylic acids is 2. The maximum Gasteiger partial charge on any atom is 0.328 e. The number of benzene rings is 2. The molecule has 9 heteroatoms. The Morgan fingerprint density at radius 2 is 1.81 bits per heavy atom. The van der Waals surface area contributed by atoms with Gasteiger partial charge in [-0.1, -0.05) is 24.3 Å². The van der Waals surface area contributed by atoms with E-state index in [1.165, 1.54) is 36.3 Å². The van der Waals surface area contributed by atoms with Crippen LogP contribution in [0, 0.1) is 5.82 Å². The van der Waals surface area contributed by atoms with Gasteiger partial charge < -0.3 is 14.4 Å². The summed E-state index contributed by atoms with van der Waals surface area (Å²) in [6.45, 7) is 0.139. The lowest BCUT2D eigenvalue weighted by Gasteiger charge is -2.22. The molecule has 166 valence electrons. The molecule has 2 atom stereocenters. The van der Waals surface area contributed by atoms with E-state index in [-0.39, 0.29) is 35.9 Å². The van der Waals surface area contributed by atoms with Crippen LogP contribution in [0.4, 0.5) is 4.39 Å². The van der Waals surface area contributed by atoms with Crippen LogP contribution < -0.4 is 4.74 Å². The Labute approximate surface area is 180 Å². The molecule has 1 amide bonds. The number of ether oxygens (including phenoxy) is 2. The molecule has 7 nitrogen and oxygen atoms in total. The number of para-hydroxylation sites is 1. The average Bonchev–Trinajstić information content (AvgIpc) is 3.17. The number of amides is 1. The number of sulfone groups is 1. The first-order valence-corrected chi connectivity index (χ1v) is 11.7. The van der Waals surface area contributed by atoms with Gasteiger partial charge >= 0.3 is 5.97 Å². The summed E-state index contributed by atoms with van der Waals surface area (Å²) in [7, 11) is -2.04. The predicted molar refractivity (Wildman–Crippen MR) is 111 cm³/mol. The van der Waals surface area contributed by atoms with Crippen molar-refractivity contribution >= 4 is 21.7 Å². The number of methoxy groups -OCH3 is 1. The number of carbonyl (C=O) groups is 2. The molecule has 0 aliphatic carbocycles. The maximum atomic E-state index is 13.9. The highest BCUT2D eigenvalue weighted by molar-refractivity contribution is 7.90. The minimum Gasteiger partial charge on any atom is -0.485 e. The molecule has 31 heavy (non-hydrogen) atoms. The first-order valence-electron chi connectivity index (χ1n) is 9.76. The number of halogens is 1. The van der Waals surface area contributed by atoms with E-state index in [4.69, 9.17) is 9.47 Å². The van der Waals surface area contributed by atoms with Crippen molar-refractivity contribution in [3.63, 3.8) is 0 Å². The summed E-state index contributed by atoms with van der Waals surface area (Å²) in [4.78, 5) is 26.6. The number of hydrogen-bond donors (Lipinski definition) is 0. The van der Waals surface area contributed by atoms with Crippen LogP contribution in [0.15, 0.2) is 53.4 Å². The minimum atomic E-state index is -3.29. The van der Waals surface area contributed by atoms with Crippen molar-refractivity contribution in [2.75, 3.05) is 19.9 Å². The molecule has 0 unspecified atom stereocenters. The van der Waals surface area contributed by atoms with Crippen LogP contribution in [0.2, 0.25) is 0 Å². The van der Waals surface area contributed by atoms with Gasteiger partial charge in [-0.05, 0) is 36.2 Å². The topological polar surface area (TPSA) is 90.0 Å². The van der Waals surface area contributed by atoms with Crippen molar-refractivity contribution in [1.29, 1.82) is 0 Å². The SMILES string of the molecule is COC(=O)[C@H]1C[C@H](Oc2ccccc2F)CN1C(=O)CCc1ccc(S(C)(=O)=O)cc1. The van der Waals surface area contributed by atoms with E-state index < -0.39 is 33.8 Å². The Balaban J connectivity index is 1.66. The zero-order valence-electron chi connectivity index (χ0n) is 17.3. The summed E-state index contributed by atoms with van der Waals surface area (Å²) in [5.41, 5.74) is 0.800. The Kier molecular flexibility index (Phi) is 6.94. The Hall–Kier alpha value is -2.94. The Morgan fingerprint density at radius 3 is 2.42 bits per heavy atom. The van der Waals surface area contributed by atoms with E-state index in [2.05, 4.69) is 0 Å².